The molecule has 1 aliphatic heterocycles. The van der Waals surface area contributed by atoms with Gasteiger partial charge in [-0.25, -0.2) is 4.39 Å². The van der Waals surface area contributed by atoms with Gasteiger partial charge in [-0.05, 0) is 30.9 Å². The normalized spacial score (nSPS) is 17.4. The summed E-state index contributed by atoms with van der Waals surface area (Å²) in [5.74, 6) is 0.532. The SMILES string of the molecule is CCCC1CCN(c2cccc(F)c2N)CC1. The molecule has 3 heteroatoms. The molecule has 0 spiro atoms. The van der Waals surface area contributed by atoms with E-state index in [0.29, 0.717) is 5.69 Å². The summed E-state index contributed by atoms with van der Waals surface area (Å²) >= 11 is 0. The van der Waals surface area contributed by atoms with Crippen LogP contribution in [-0.2, 0) is 0 Å². The molecule has 0 radical (unpaired) electrons. The molecule has 0 unspecified atom stereocenters. The number of hydrogen-bond donors (Lipinski definition) is 1. The number of halogens is 1. The number of anilines is 2. The zero-order chi connectivity index (χ0) is 12.3. The van der Waals surface area contributed by atoms with Crippen LogP contribution in [0.3, 0.4) is 0 Å². The molecule has 1 aromatic carbocycles. The summed E-state index contributed by atoms with van der Waals surface area (Å²) in [7, 11) is 0. The Morgan fingerprint density at radius 3 is 2.71 bits per heavy atom. The maximum atomic E-state index is 13.4. The van der Waals surface area contributed by atoms with Crippen LogP contribution in [0.15, 0.2) is 18.2 Å². The summed E-state index contributed by atoms with van der Waals surface area (Å²) in [5.41, 5.74) is 6.94. The molecular formula is C14H21FN2. The highest BCUT2D eigenvalue weighted by molar-refractivity contribution is 5.68. The first-order valence-electron chi connectivity index (χ1n) is 6.51. The molecular weight excluding hydrogens is 215 g/mol. The Hall–Kier alpha value is -1.25. The number of para-hydroxylation sites is 1. The molecule has 0 amide bonds. The van der Waals surface area contributed by atoms with Crippen molar-refractivity contribution in [2.75, 3.05) is 23.7 Å². The monoisotopic (exact) mass is 236 g/mol. The van der Waals surface area contributed by atoms with Crippen molar-refractivity contribution in [2.24, 2.45) is 5.92 Å². The number of benzene rings is 1. The van der Waals surface area contributed by atoms with Crippen LogP contribution in [0.2, 0.25) is 0 Å². The van der Waals surface area contributed by atoms with Gasteiger partial charge in [-0.1, -0.05) is 25.8 Å². The number of nitrogen functional groups attached to an aromatic ring is 1. The molecule has 2 N–H and O–H groups in total. The van der Waals surface area contributed by atoms with Crippen molar-refractivity contribution in [3.63, 3.8) is 0 Å². The fraction of sp³-hybridized carbons (Fsp3) is 0.571. The minimum atomic E-state index is -0.307. The third kappa shape index (κ3) is 2.71. The molecule has 1 saturated heterocycles. The van der Waals surface area contributed by atoms with Crippen LogP contribution in [0.1, 0.15) is 32.6 Å². The largest absolute Gasteiger partial charge is 0.395 e. The number of hydrogen-bond acceptors (Lipinski definition) is 2. The van der Waals surface area contributed by atoms with Crippen molar-refractivity contribution in [3.8, 4) is 0 Å². The Labute approximate surface area is 103 Å². The molecule has 1 fully saturated rings. The molecule has 0 bridgehead atoms. The van der Waals surface area contributed by atoms with Crippen LogP contribution in [-0.4, -0.2) is 13.1 Å². The highest BCUT2D eigenvalue weighted by Crippen LogP contribution is 2.30. The Morgan fingerprint density at radius 2 is 2.06 bits per heavy atom. The molecule has 94 valence electrons. The van der Waals surface area contributed by atoms with Crippen molar-refractivity contribution in [1.29, 1.82) is 0 Å². The predicted molar refractivity (Wildman–Crippen MR) is 70.7 cm³/mol. The van der Waals surface area contributed by atoms with E-state index in [0.717, 1.165) is 24.7 Å². The second-order valence-electron chi connectivity index (χ2n) is 4.89. The van der Waals surface area contributed by atoms with Crippen LogP contribution >= 0.6 is 0 Å². The molecule has 2 nitrogen and oxygen atoms in total. The van der Waals surface area contributed by atoms with Gasteiger partial charge in [0, 0.05) is 13.1 Å². The maximum Gasteiger partial charge on any atom is 0.148 e. The second-order valence-corrected chi connectivity index (χ2v) is 4.89. The lowest BCUT2D eigenvalue weighted by molar-refractivity contribution is 0.378. The average molecular weight is 236 g/mol. The van der Waals surface area contributed by atoms with Crippen LogP contribution in [0.4, 0.5) is 15.8 Å². The van der Waals surface area contributed by atoms with Gasteiger partial charge in [0.1, 0.15) is 5.82 Å². The lowest BCUT2D eigenvalue weighted by Crippen LogP contribution is -2.34. The van der Waals surface area contributed by atoms with Gasteiger partial charge in [-0.2, -0.15) is 0 Å². The van der Waals surface area contributed by atoms with E-state index in [-0.39, 0.29) is 5.82 Å². The van der Waals surface area contributed by atoms with Gasteiger partial charge in [0.25, 0.3) is 0 Å². The summed E-state index contributed by atoms with van der Waals surface area (Å²) < 4.78 is 13.4. The number of rotatable bonds is 3. The highest BCUT2D eigenvalue weighted by atomic mass is 19.1. The van der Waals surface area contributed by atoms with E-state index in [4.69, 9.17) is 5.73 Å². The van der Waals surface area contributed by atoms with Crippen molar-refractivity contribution in [3.05, 3.63) is 24.0 Å². The quantitative estimate of drug-likeness (QED) is 0.815. The summed E-state index contributed by atoms with van der Waals surface area (Å²) in [6.45, 7) is 4.23. The van der Waals surface area contributed by atoms with E-state index in [1.54, 1.807) is 6.07 Å². The van der Waals surface area contributed by atoms with E-state index in [2.05, 4.69) is 11.8 Å². The minimum absolute atomic E-state index is 0.293. The first-order valence-corrected chi connectivity index (χ1v) is 6.51. The first kappa shape index (κ1) is 12.2. The van der Waals surface area contributed by atoms with Gasteiger partial charge in [-0.15, -0.1) is 0 Å². The van der Waals surface area contributed by atoms with Crippen LogP contribution < -0.4 is 10.6 Å². The first-order chi connectivity index (χ1) is 8.22. The Kier molecular flexibility index (Phi) is 3.87. The Bertz CT molecular complexity index is 370. The third-order valence-electron chi connectivity index (χ3n) is 3.68. The van der Waals surface area contributed by atoms with E-state index in [1.165, 1.54) is 31.7 Å². The molecule has 1 heterocycles. The fourth-order valence-corrected chi connectivity index (χ4v) is 2.67. The predicted octanol–water partition coefficient (Wildman–Crippen LogP) is 3.42. The van der Waals surface area contributed by atoms with Crippen molar-refractivity contribution >= 4 is 11.4 Å². The zero-order valence-electron chi connectivity index (χ0n) is 10.5. The Morgan fingerprint density at radius 1 is 1.35 bits per heavy atom. The van der Waals surface area contributed by atoms with Gasteiger partial charge in [0.15, 0.2) is 0 Å². The fourth-order valence-electron chi connectivity index (χ4n) is 2.67. The maximum absolute atomic E-state index is 13.4. The third-order valence-corrected chi connectivity index (χ3v) is 3.68. The summed E-state index contributed by atoms with van der Waals surface area (Å²) in [6.07, 6.45) is 4.97. The standard InChI is InChI=1S/C14H21FN2/c1-2-4-11-7-9-17(10-8-11)13-6-3-5-12(15)14(13)16/h3,5-6,11H,2,4,7-10,16H2,1H3. The molecule has 0 aliphatic carbocycles. The smallest absolute Gasteiger partial charge is 0.148 e. The average Bonchev–Trinajstić information content (AvgIpc) is 2.34. The van der Waals surface area contributed by atoms with Gasteiger partial charge in [-0.3, -0.25) is 0 Å². The minimum Gasteiger partial charge on any atom is -0.395 e. The van der Waals surface area contributed by atoms with E-state index < -0.39 is 0 Å². The highest BCUT2D eigenvalue weighted by Gasteiger charge is 2.20. The van der Waals surface area contributed by atoms with Crippen LogP contribution in [0.5, 0.6) is 0 Å². The van der Waals surface area contributed by atoms with Gasteiger partial charge >= 0.3 is 0 Å². The summed E-state index contributed by atoms with van der Waals surface area (Å²) in [6, 6.07) is 5.07. The van der Waals surface area contributed by atoms with Crippen LogP contribution in [0.25, 0.3) is 0 Å². The summed E-state index contributed by atoms with van der Waals surface area (Å²) in [5, 5.41) is 0. The van der Waals surface area contributed by atoms with Gasteiger partial charge < -0.3 is 10.6 Å². The van der Waals surface area contributed by atoms with Gasteiger partial charge in [0.05, 0.1) is 11.4 Å². The lowest BCUT2D eigenvalue weighted by atomic mass is 9.92. The number of nitrogens with two attached hydrogens (primary N) is 1. The van der Waals surface area contributed by atoms with Crippen molar-refractivity contribution in [1.82, 2.24) is 0 Å². The van der Waals surface area contributed by atoms with Crippen LogP contribution in [0, 0.1) is 11.7 Å². The molecule has 0 aromatic heterocycles. The molecule has 1 aliphatic rings. The number of nitrogens with zero attached hydrogens (tertiary/aromatic N) is 1. The number of piperidine rings is 1. The van der Waals surface area contributed by atoms with Gasteiger partial charge in [0.2, 0.25) is 0 Å². The van der Waals surface area contributed by atoms with Crippen molar-refractivity contribution < 1.29 is 4.39 Å². The van der Waals surface area contributed by atoms with E-state index in [1.807, 2.05) is 6.07 Å². The molecule has 0 atom stereocenters. The molecule has 0 saturated carbocycles. The van der Waals surface area contributed by atoms with E-state index >= 15 is 0 Å². The zero-order valence-corrected chi connectivity index (χ0v) is 10.5. The molecule has 17 heavy (non-hydrogen) atoms. The topological polar surface area (TPSA) is 29.3 Å². The molecule has 2 rings (SSSR count). The van der Waals surface area contributed by atoms with Crippen molar-refractivity contribution in [2.45, 2.75) is 32.6 Å². The summed E-state index contributed by atoms with van der Waals surface area (Å²) in [4.78, 5) is 2.21. The molecule has 1 aromatic rings. The Balaban J connectivity index is 2.03. The lowest BCUT2D eigenvalue weighted by Gasteiger charge is -2.34. The second kappa shape index (κ2) is 5.39. The van der Waals surface area contributed by atoms with E-state index in [9.17, 15) is 4.39 Å².